The van der Waals surface area contributed by atoms with Crippen molar-refractivity contribution in [2.45, 2.75) is 0 Å². The maximum atomic E-state index is 3.96. The van der Waals surface area contributed by atoms with Crippen molar-refractivity contribution in [1.82, 2.24) is 13.5 Å². The van der Waals surface area contributed by atoms with Crippen molar-refractivity contribution in [2.75, 3.05) is 0 Å². The first-order valence-electron chi connectivity index (χ1n) is 1.40. The van der Waals surface area contributed by atoms with Gasteiger partial charge in [-0.25, -0.2) is 0 Å². The Morgan fingerprint density at radius 2 is 2.43 bits per heavy atom. The summed E-state index contributed by atoms with van der Waals surface area (Å²) in [5.74, 6) is 0. The minimum Gasteiger partial charge on any atom is -0.313 e. The van der Waals surface area contributed by atoms with Gasteiger partial charge in [-0.3, -0.25) is 0 Å². The molecule has 2 unspecified atom stereocenters. The Kier molecular flexibility index (Phi) is 5.14. The van der Waals surface area contributed by atoms with Gasteiger partial charge in [-0.2, -0.15) is 4.51 Å². The first-order valence-corrected chi connectivity index (χ1v) is 4.19. The molecule has 0 spiro atoms. The van der Waals surface area contributed by atoms with E-state index in [-0.39, 0.29) is 12.4 Å². The monoisotopic (exact) mass is 175 g/mol. The summed E-state index contributed by atoms with van der Waals surface area (Å²) in [6.07, 6.45) is 0. The topological polar surface area (TPSA) is 44.5 Å². The van der Waals surface area contributed by atoms with E-state index in [9.17, 15) is 0 Å². The molecule has 0 aliphatic rings. The van der Waals surface area contributed by atoms with Crippen LogP contribution in [0.2, 0.25) is 0 Å². The summed E-state index contributed by atoms with van der Waals surface area (Å²) in [6, 6.07) is 0. The van der Waals surface area contributed by atoms with Crippen molar-refractivity contribution in [3.63, 3.8) is 0 Å². The lowest BCUT2D eigenvalue weighted by molar-refractivity contribution is 1.69. The van der Waals surface area contributed by atoms with Gasteiger partial charge in [0.1, 0.15) is 8.51 Å². The molecule has 2 atom stereocenters. The van der Waals surface area contributed by atoms with Crippen molar-refractivity contribution in [2.24, 2.45) is 0 Å². The van der Waals surface area contributed by atoms with Crippen molar-refractivity contribution in [3.8, 4) is 0 Å². The molecule has 0 aliphatic carbocycles. The van der Waals surface area contributed by atoms with Crippen LogP contribution in [-0.2, 0) is 0 Å². The van der Waals surface area contributed by atoms with Gasteiger partial charge in [-0.1, -0.05) is 0 Å². The van der Waals surface area contributed by atoms with E-state index in [0.29, 0.717) is 17.0 Å². The van der Waals surface area contributed by atoms with E-state index in [2.05, 4.69) is 13.5 Å². The van der Waals surface area contributed by atoms with Crippen LogP contribution in [0.15, 0.2) is 0 Å². The van der Waals surface area contributed by atoms with Crippen LogP contribution in [0, 0.1) is 0 Å². The fourth-order valence-electron chi connectivity index (χ4n) is 0.156. The lowest BCUT2D eigenvalue weighted by Gasteiger charge is -1.75. The molecule has 0 aliphatic heterocycles. The number of nitrogens with one attached hydrogen (secondary N) is 2. The lowest BCUT2D eigenvalue weighted by atomic mass is 13.9. The largest absolute Gasteiger partial charge is 0.313 e. The van der Waals surface area contributed by atoms with Crippen molar-refractivity contribution in [1.29, 1.82) is 0 Å². The molecule has 0 saturated heterocycles. The second kappa shape index (κ2) is 4.74. The second-order valence-corrected chi connectivity index (χ2v) is 4.04. The fourth-order valence-corrected chi connectivity index (χ4v) is 2.81. The van der Waals surface area contributed by atoms with E-state index < -0.39 is 0 Å². The first-order chi connectivity index (χ1) is 3.00. The van der Waals surface area contributed by atoms with E-state index in [0.717, 1.165) is 8.51 Å². The predicted molar refractivity (Wildman–Crippen MR) is 39.3 cm³/mol. The van der Waals surface area contributed by atoms with Gasteiger partial charge in [0, 0.05) is 17.0 Å². The highest BCUT2D eigenvalue weighted by Gasteiger charge is 1.55. The molecule has 0 amide bonds. The quantitative estimate of drug-likeness (QED) is 0.622. The smallest absolute Gasteiger partial charge is 0.138 e. The summed E-state index contributed by atoms with van der Waals surface area (Å²) >= 11 is 0. The standard InChI is InChI=1S/ClH.H4N3P3/c;1-4-2-6-3-5-1/h1H;1,4-5H,(H,2,3). The van der Waals surface area contributed by atoms with Gasteiger partial charge in [0.25, 0.3) is 0 Å². The van der Waals surface area contributed by atoms with E-state index in [1.54, 1.807) is 0 Å². The number of aromatic nitrogens is 3. The molecule has 0 bridgehead atoms. The number of nitrogens with zero attached hydrogens (tertiary/aromatic N) is 1. The normalized spacial score (nSPS) is 10.3. The molecule has 1 rings (SSSR count). The number of hydrogen-bond acceptors (Lipinski definition) is 1. The first kappa shape index (κ1) is 7.59. The Morgan fingerprint density at radius 3 is 2.57 bits per heavy atom. The molecule has 1 aromatic heterocycles. The predicted octanol–water partition coefficient (Wildman–Crippen LogP) is 1.93. The zero-order valence-electron chi connectivity index (χ0n) is 3.30. The Bertz CT molecular complexity index is 82.1. The van der Waals surface area contributed by atoms with Crippen LogP contribution in [0.4, 0.5) is 0 Å². The third-order valence-corrected chi connectivity index (χ3v) is 2.92. The summed E-state index contributed by atoms with van der Waals surface area (Å²) < 4.78 is 10.0. The van der Waals surface area contributed by atoms with Crippen molar-refractivity contribution in [3.05, 3.63) is 0 Å². The molecule has 1 heterocycles. The van der Waals surface area contributed by atoms with Crippen LogP contribution in [0.5, 0.6) is 0 Å². The van der Waals surface area contributed by atoms with Crippen LogP contribution in [0.3, 0.4) is 0 Å². The molecule has 7 heavy (non-hydrogen) atoms. The summed E-state index contributed by atoms with van der Waals surface area (Å²) in [5.41, 5.74) is 0. The van der Waals surface area contributed by atoms with E-state index in [4.69, 9.17) is 0 Å². The van der Waals surface area contributed by atoms with Gasteiger partial charge in [0.2, 0.25) is 0 Å². The van der Waals surface area contributed by atoms with Gasteiger partial charge in [-0.15, -0.1) is 12.4 Å². The van der Waals surface area contributed by atoms with E-state index in [1.807, 2.05) is 0 Å². The highest BCUT2D eigenvalue weighted by Crippen LogP contribution is 2.01. The third-order valence-electron chi connectivity index (χ3n) is 0.324. The molecular formula is H5ClN3P3. The van der Waals surface area contributed by atoms with Gasteiger partial charge in [-0.05, 0) is 0 Å². The van der Waals surface area contributed by atoms with E-state index in [1.165, 1.54) is 0 Å². The van der Waals surface area contributed by atoms with Gasteiger partial charge in [0.15, 0.2) is 0 Å². The SMILES string of the molecule is Cl.n1p[nH][pH][nH][pH]1. The third kappa shape index (κ3) is 3.20. The number of aromatic amines is 2. The molecular weight excluding hydrogens is 170 g/mol. The van der Waals surface area contributed by atoms with Crippen molar-refractivity contribution >= 4 is 37.9 Å². The van der Waals surface area contributed by atoms with Crippen LogP contribution in [0.1, 0.15) is 0 Å². The minimum atomic E-state index is 0. The molecule has 7 heteroatoms. The molecule has 0 radical (unpaired) electrons. The Morgan fingerprint density at radius 1 is 1.57 bits per heavy atom. The summed E-state index contributed by atoms with van der Waals surface area (Å²) in [4.78, 5) is 0. The summed E-state index contributed by atoms with van der Waals surface area (Å²) in [5, 5.41) is 0. The number of H-pyrrole nitrogens is 2. The molecule has 42 valence electrons. The number of rotatable bonds is 0. The highest BCUT2D eigenvalue weighted by atomic mass is 35.5. The van der Waals surface area contributed by atoms with Crippen LogP contribution in [-0.4, -0.2) is 13.5 Å². The summed E-state index contributed by atoms with van der Waals surface area (Å²) in [7, 11) is 2.36. The zero-order chi connectivity index (χ0) is 4.24. The lowest BCUT2D eigenvalue weighted by Crippen LogP contribution is -1.47. The summed E-state index contributed by atoms with van der Waals surface area (Å²) in [6.45, 7) is 0. The number of halogens is 1. The maximum absolute atomic E-state index is 3.96. The second-order valence-electron chi connectivity index (χ2n) is 0.674. The maximum Gasteiger partial charge on any atom is 0.138 e. The average molecular weight is 175 g/mol. The zero-order valence-corrected chi connectivity index (χ0v) is 7.01. The van der Waals surface area contributed by atoms with E-state index >= 15 is 0 Å². The van der Waals surface area contributed by atoms with Crippen LogP contribution >= 0.6 is 37.9 Å². The highest BCUT2D eigenvalue weighted by molar-refractivity contribution is 7.43. The molecule has 0 saturated carbocycles. The average Bonchev–Trinajstić information content (AvgIpc) is 1.72. The Labute approximate surface area is 52.1 Å². The number of hydrogen-bond donors (Lipinski definition) is 2. The Hall–Kier alpha value is 0.590. The molecule has 2 N–H and O–H groups in total. The molecule has 1 aromatic rings. The van der Waals surface area contributed by atoms with Crippen molar-refractivity contribution < 1.29 is 0 Å². The Balaban J connectivity index is 0.000000360. The van der Waals surface area contributed by atoms with Crippen LogP contribution in [0.25, 0.3) is 0 Å². The minimum absolute atomic E-state index is 0. The molecule has 3 nitrogen and oxygen atoms in total. The van der Waals surface area contributed by atoms with Gasteiger partial charge < -0.3 is 9.02 Å². The van der Waals surface area contributed by atoms with Gasteiger partial charge in [0.05, 0.1) is 0 Å². The van der Waals surface area contributed by atoms with Gasteiger partial charge >= 0.3 is 0 Å². The van der Waals surface area contributed by atoms with Crippen LogP contribution < -0.4 is 0 Å². The molecule has 0 fully saturated rings. The molecule has 0 aromatic carbocycles. The fraction of sp³-hybridized carbons (Fsp3) is 0.